The Kier molecular flexibility index (Phi) is 4.91. The van der Waals surface area contributed by atoms with Gasteiger partial charge in [-0.15, -0.1) is 0 Å². The van der Waals surface area contributed by atoms with Gasteiger partial charge in [-0.05, 0) is 25.1 Å². The highest BCUT2D eigenvalue weighted by atomic mass is 79.9. The van der Waals surface area contributed by atoms with Crippen LogP contribution in [0.2, 0.25) is 0 Å². The zero-order chi connectivity index (χ0) is 21.6. The minimum absolute atomic E-state index is 0.0395. The maximum atomic E-state index is 13.4. The van der Waals surface area contributed by atoms with E-state index in [-0.39, 0.29) is 41.7 Å². The molecule has 0 saturated carbocycles. The highest BCUT2D eigenvalue weighted by Gasteiger charge is 2.60. The number of halogens is 1. The first-order chi connectivity index (χ1) is 14.3. The summed E-state index contributed by atoms with van der Waals surface area (Å²) in [6.45, 7) is 1.62. The molecule has 0 bridgehead atoms. The summed E-state index contributed by atoms with van der Waals surface area (Å²) in [5, 5.41) is 2.72. The lowest BCUT2D eigenvalue weighted by molar-refractivity contribution is -0.142. The molecule has 10 heteroatoms. The summed E-state index contributed by atoms with van der Waals surface area (Å²) in [5.74, 6) is -1.58. The molecule has 2 aliphatic rings. The Hall–Kier alpha value is -3.11. The molecule has 1 amide bonds. The fourth-order valence-electron chi connectivity index (χ4n) is 3.80. The van der Waals surface area contributed by atoms with Gasteiger partial charge in [0, 0.05) is 28.9 Å². The maximum Gasteiger partial charge on any atom is 0.344 e. The number of fused-ring (bicyclic) bond motifs is 4. The van der Waals surface area contributed by atoms with E-state index in [1.54, 1.807) is 25.1 Å². The molecule has 30 heavy (non-hydrogen) atoms. The second kappa shape index (κ2) is 7.29. The molecule has 0 radical (unpaired) electrons. The number of nitrogens with two attached hydrogens (primary N) is 1. The third-order valence-electron chi connectivity index (χ3n) is 4.95. The monoisotopic (exact) mass is 476 g/mol. The lowest BCUT2D eigenvalue weighted by Gasteiger charge is -2.34. The number of rotatable bonds is 4. The second-order valence-corrected chi connectivity index (χ2v) is 7.66. The molecule has 1 spiro atoms. The molecule has 2 aliphatic heterocycles. The summed E-state index contributed by atoms with van der Waals surface area (Å²) in [5.41, 5.74) is 3.74. The summed E-state index contributed by atoms with van der Waals surface area (Å²) in [4.78, 5) is 39.4. The van der Waals surface area contributed by atoms with Crippen molar-refractivity contribution >= 4 is 33.5 Å². The molecule has 2 aromatic rings. The molecular weight excluding hydrogens is 460 g/mol. The van der Waals surface area contributed by atoms with Gasteiger partial charge in [0.05, 0.1) is 6.61 Å². The van der Waals surface area contributed by atoms with Gasteiger partial charge in [-0.25, -0.2) is 9.59 Å². The standard InChI is InChI=1S/C20H17BrN2O7/c1-9-7-13-14(18(25)29-9)20(11-8-10(21)3-4-12(11)23-19(20)26)15(16(22)30-13)17(24)28-6-5-27-2/h3-4,7-8H,5-6,22H2,1-2H3,(H,23,26). The van der Waals surface area contributed by atoms with E-state index < -0.39 is 22.9 Å². The Morgan fingerprint density at radius 3 is 2.77 bits per heavy atom. The van der Waals surface area contributed by atoms with Gasteiger partial charge >= 0.3 is 11.6 Å². The average molecular weight is 477 g/mol. The molecule has 3 heterocycles. The highest BCUT2D eigenvalue weighted by Crippen LogP contribution is 2.53. The van der Waals surface area contributed by atoms with E-state index in [1.165, 1.54) is 13.2 Å². The minimum Gasteiger partial charge on any atom is -0.460 e. The zero-order valence-corrected chi connectivity index (χ0v) is 17.6. The number of hydrogen-bond acceptors (Lipinski definition) is 8. The summed E-state index contributed by atoms with van der Waals surface area (Å²) in [6, 6.07) is 6.46. The van der Waals surface area contributed by atoms with E-state index in [4.69, 9.17) is 24.4 Å². The molecular formula is C20H17BrN2O7. The fraction of sp³-hybridized carbons (Fsp3) is 0.250. The molecule has 0 saturated heterocycles. The van der Waals surface area contributed by atoms with Crippen LogP contribution in [0.25, 0.3) is 0 Å². The summed E-state index contributed by atoms with van der Waals surface area (Å²) < 4.78 is 21.6. The second-order valence-electron chi connectivity index (χ2n) is 6.75. The van der Waals surface area contributed by atoms with E-state index in [9.17, 15) is 14.4 Å². The van der Waals surface area contributed by atoms with E-state index in [1.807, 2.05) is 0 Å². The van der Waals surface area contributed by atoms with Crippen molar-refractivity contribution in [3.8, 4) is 5.75 Å². The summed E-state index contributed by atoms with van der Waals surface area (Å²) >= 11 is 3.38. The quantitative estimate of drug-likeness (QED) is 0.503. The number of amides is 1. The van der Waals surface area contributed by atoms with E-state index in [0.29, 0.717) is 15.7 Å². The summed E-state index contributed by atoms with van der Waals surface area (Å²) in [6.07, 6.45) is 0. The van der Waals surface area contributed by atoms with Crippen molar-refractivity contribution in [2.24, 2.45) is 5.73 Å². The molecule has 1 unspecified atom stereocenters. The first kappa shape index (κ1) is 20.2. The predicted molar refractivity (Wildman–Crippen MR) is 108 cm³/mol. The molecule has 4 rings (SSSR count). The van der Waals surface area contributed by atoms with Gasteiger partial charge in [0.15, 0.2) is 0 Å². The number of ether oxygens (including phenoxy) is 3. The van der Waals surface area contributed by atoms with Crippen LogP contribution in [0.5, 0.6) is 5.75 Å². The molecule has 1 atom stereocenters. The molecule has 0 fully saturated rings. The third-order valence-corrected chi connectivity index (χ3v) is 5.45. The van der Waals surface area contributed by atoms with Gasteiger partial charge in [-0.3, -0.25) is 4.79 Å². The van der Waals surface area contributed by atoms with Crippen molar-refractivity contribution in [2.75, 3.05) is 25.6 Å². The van der Waals surface area contributed by atoms with Gasteiger partial charge in [0.25, 0.3) is 0 Å². The Bertz CT molecular complexity index is 1170. The van der Waals surface area contributed by atoms with Crippen LogP contribution in [0.3, 0.4) is 0 Å². The summed E-state index contributed by atoms with van der Waals surface area (Å²) in [7, 11) is 1.45. The van der Waals surface area contributed by atoms with Crippen LogP contribution in [0, 0.1) is 6.92 Å². The van der Waals surface area contributed by atoms with Crippen molar-refractivity contribution in [2.45, 2.75) is 12.3 Å². The van der Waals surface area contributed by atoms with Crippen LogP contribution < -0.4 is 21.4 Å². The lowest BCUT2D eigenvalue weighted by atomic mass is 9.69. The number of carbonyl (C=O) groups is 2. The molecule has 3 N–H and O–H groups in total. The zero-order valence-electron chi connectivity index (χ0n) is 16.0. The number of aryl methyl sites for hydroxylation is 1. The SMILES string of the molecule is COCCOC(=O)C1=C(N)Oc2cc(C)oc(=O)c2C12C(=O)Nc1ccc(Br)cc12. The Balaban J connectivity index is 2.05. The number of carbonyl (C=O) groups excluding carboxylic acids is 2. The normalized spacial score (nSPS) is 19.2. The molecule has 9 nitrogen and oxygen atoms in total. The smallest absolute Gasteiger partial charge is 0.344 e. The van der Waals surface area contributed by atoms with E-state index in [0.717, 1.165) is 0 Å². The molecule has 0 aliphatic carbocycles. The number of nitrogens with one attached hydrogen (secondary N) is 1. The van der Waals surface area contributed by atoms with Crippen molar-refractivity contribution in [3.63, 3.8) is 0 Å². The number of anilines is 1. The van der Waals surface area contributed by atoms with Gasteiger partial charge in [-0.1, -0.05) is 15.9 Å². The van der Waals surface area contributed by atoms with E-state index >= 15 is 0 Å². The Labute approximate surface area is 178 Å². The van der Waals surface area contributed by atoms with Gasteiger partial charge in [-0.2, -0.15) is 0 Å². The van der Waals surface area contributed by atoms with Crippen LogP contribution in [-0.4, -0.2) is 32.2 Å². The highest BCUT2D eigenvalue weighted by molar-refractivity contribution is 9.10. The minimum atomic E-state index is -1.89. The number of benzene rings is 1. The number of esters is 1. The van der Waals surface area contributed by atoms with Crippen molar-refractivity contribution in [1.29, 1.82) is 0 Å². The van der Waals surface area contributed by atoms with Crippen LogP contribution in [0.15, 0.2) is 49.4 Å². The lowest BCUT2D eigenvalue weighted by Crippen LogP contribution is -2.48. The van der Waals surface area contributed by atoms with Gasteiger partial charge in [0.1, 0.15) is 34.7 Å². The third kappa shape index (κ3) is 2.83. The van der Waals surface area contributed by atoms with Crippen LogP contribution in [-0.2, 0) is 24.5 Å². The fourth-order valence-corrected chi connectivity index (χ4v) is 4.16. The predicted octanol–water partition coefficient (Wildman–Crippen LogP) is 1.70. The number of methoxy groups -OCH3 is 1. The van der Waals surface area contributed by atoms with Crippen LogP contribution in [0.4, 0.5) is 5.69 Å². The first-order valence-electron chi connectivity index (χ1n) is 8.91. The Morgan fingerprint density at radius 1 is 1.27 bits per heavy atom. The topological polar surface area (TPSA) is 130 Å². The molecule has 1 aromatic heterocycles. The molecule has 156 valence electrons. The number of hydrogen-bond donors (Lipinski definition) is 2. The van der Waals surface area contributed by atoms with Gasteiger partial charge in [0.2, 0.25) is 11.8 Å². The largest absolute Gasteiger partial charge is 0.460 e. The average Bonchev–Trinajstić information content (AvgIpc) is 2.93. The van der Waals surface area contributed by atoms with E-state index in [2.05, 4.69) is 21.2 Å². The Morgan fingerprint density at radius 2 is 2.03 bits per heavy atom. The first-order valence-corrected chi connectivity index (χ1v) is 9.70. The van der Waals surface area contributed by atoms with Crippen molar-refractivity contribution in [1.82, 2.24) is 0 Å². The van der Waals surface area contributed by atoms with Crippen molar-refractivity contribution < 1.29 is 28.2 Å². The maximum absolute atomic E-state index is 13.4. The van der Waals surface area contributed by atoms with Crippen molar-refractivity contribution in [3.05, 3.63) is 67.5 Å². The van der Waals surface area contributed by atoms with Crippen LogP contribution in [0.1, 0.15) is 16.9 Å². The molecule has 1 aromatic carbocycles. The van der Waals surface area contributed by atoms with Crippen LogP contribution >= 0.6 is 15.9 Å². The van der Waals surface area contributed by atoms with Gasteiger partial charge < -0.3 is 29.7 Å².